The van der Waals surface area contributed by atoms with Gasteiger partial charge in [-0.05, 0) is 37.3 Å². The van der Waals surface area contributed by atoms with Crippen molar-refractivity contribution in [2.45, 2.75) is 13.1 Å². The first-order valence-corrected chi connectivity index (χ1v) is 9.10. The van der Waals surface area contributed by atoms with Crippen LogP contribution in [0.15, 0.2) is 54.6 Å². The van der Waals surface area contributed by atoms with Crippen LogP contribution in [0.25, 0.3) is 5.69 Å². The first-order valence-electron chi connectivity index (χ1n) is 8.72. The fourth-order valence-corrected chi connectivity index (χ4v) is 2.86. The predicted octanol–water partition coefficient (Wildman–Crippen LogP) is 4.22. The highest BCUT2D eigenvalue weighted by molar-refractivity contribution is 6.32. The molecule has 156 valence electrons. The Labute approximate surface area is 174 Å². The van der Waals surface area contributed by atoms with Gasteiger partial charge in [0.1, 0.15) is 5.82 Å². The Morgan fingerprint density at radius 1 is 1.10 bits per heavy atom. The lowest BCUT2D eigenvalue weighted by atomic mass is 10.2. The van der Waals surface area contributed by atoms with Crippen molar-refractivity contribution in [2.75, 3.05) is 11.9 Å². The van der Waals surface area contributed by atoms with Crippen molar-refractivity contribution in [1.29, 1.82) is 0 Å². The van der Waals surface area contributed by atoms with Crippen molar-refractivity contribution in [2.24, 2.45) is 0 Å². The van der Waals surface area contributed by atoms with Crippen LogP contribution in [0.2, 0.25) is 5.02 Å². The second kappa shape index (κ2) is 8.58. The van der Waals surface area contributed by atoms with Gasteiger partial charge in [-0.1, -0.05) is 29.8 Å². The lowest BCUT2D eigenvalue weighted by Crippen LogP contribution is -2.33. The van der Waals surface area contributed by atoms with E-state index in [1.165, 1.54) is 6.07 Å². The number of rotatable bonds is 5. The number of nitrogens with zero attached hydrogens (tertiary/aromatic N) is 2. The van der Waals surface area contributed by atoms with Crippen molar-refractivity contribution in [3.05, 3.63) is 76.4 Å². The number of halogens is 4. The van der Waals surface area contributed by atoms with Gasteiger partial charge in [-0.15, -0.1) is 0 Å². The normalized spacial score (nSPS) is 11.2. The van der Waals surface area contributed by atoms with Gasteiger partial charge in [-0.3, -0.25) is 9.59 Å². The van der Waals surface area contributed by atoms with E-state index in [9.17, 15) is 22.8 Å². The lowest BCUT2D eigenvalue weighted by Gasteiger charge is -2.13. The van der Waals surface area contributed by atoms with E-state index < -0.39 is 23.6 Å². The van der Waals surface area contributed by atoms with E-state index in [4.69, 9.17) is 11.6 Å². The van der Waals surface area contributed by atoms with Crippen LogP contribution in [0.4, 0.5) is 19.0 Å². The lowest BCUT2D eigenvalue weighted by molar-refractivity contribution is -0.137. The number of nitrogens with one attached hydrogen (secondary N) is 2. The molecule has 1 heterocycles. The zero-order chi connectivity index (χ0) is 21.9. The maximum Gasteiger partial charge on any atom is 0.416 e. The Morgan fingerprint density at radius 3 is 2.47 bits per heavy atom. The molecule has 0 aliphatic carbocycles. The molecule has 2 aromatic carbocycles. The van der Waals surface area contributed by atoms with Crippen LogP contribution in [0.3, 0.4) is 0 Å². The fraction of sp³-hybridized carbons (Fsp3) is 0.150. The average Bonchev–Trinajstić information content (AvgIpc) is 3.06. The number of hydrogen-bond acceptors (Lipinski definition) is 3. The molecule has 1 aromatic heterocycles. The third-order valence-electron chi connectivity index (χ3n) is 4.05. The van der Waals surface area contributed by atoms with Gasteiger partial charge in [-0.25, -0.2) is 4.68 Å². The minimum Gasteiger partial charge on any atom is -0.343 e. The molecule has 0 spiro atoms. The molecule has 0 atom stereocenters. The van der Waals surface area contributed by atoms with E-state index in [1.54, 1.807) is 37.3 Å². The number of carbonyl (C=O) groups excluding carboxylic acids is 2. The number of aromatic nitrogens is 2. The summed E-state index contributed by atoms with van der Waals surface area (Å²) in [7, 11) is 0. The second-order valence-corrected chi connectivity index (χ2v) is 6.75. The summed E-state index contributed by atoms with van der Waals surface area (Å²) in [4.78, 5) is 24.3. The van der Waals surface area contributed by atoms with Crippen LogP contribution in [0, 0.1) is 6.92 Å². The monoisotopic (exact) mass is 436 g/mol. The van der Waals surface area contributed by atoms with Crippen LogP contribution in [0.5, 0.6) is 0 Å². The highest BCUT2D eigenvalue weighted by Gasteiger charge is 2.31. The van der Waals surface area contributed by atoms with E-state index in [0.717, 1.165) is 22.9 Å². The largest absolute Gasteiger partial charge is 0.416 e. The number of hydrogen-bond donors (Lipinski definition) is 2. The van der Waals surface area contributed by atoms with Crippen molar-refractivity contribution >= 4 is 29.2 Å². The van der Waals surface area contributed by atoms with Crippen LogP contribution in [-0.2, 0) is 11.0 Å². The molecule has 2 amide bonds. The van der Waals surface area contributed by atoms with E-state index in [1.807, 2.05) is 0 Å². The summed E-state index contributed by atoms with van der Waals surface area (Å²) >= 11 is 6.07. The van der Waals surface area contributed by atoms with Crippen LogP contribution < -0.4 is 10.6 Å². The zero-order valence-electron chi connectivity index (χ0n) is 15.6. The molecule has 30 heavy (non-hydrogen) atoms. The first kappa shape index (κ1) is 21.4. The van der Waals surface area contributed by atoms with E-state index in [0.29, 0.717) is 11.3 Å². The number of amides is 2. The third-order valence-corrected chi connectivity index (χ3v) is 4.37. The molecule has 0 saturated heterocycles. The summed E-state index contributed by atoms with van der Waals surface area (Å²) in [6.45, 7) is 1.28. The summed E-state index contributed by atoms with van der Waals surface area (Å²) in [6.07, 6.45) is -4.56. The Hall–Kier alpha value is -3.33. The van der Waals surface area contributed by atoms with Crippen LogP contribution in [-0.4, -0.2) is 28.1 Å². The highest BCUT2D eigenvalue weighted by Crippen LogP contribution is 2.34. The van der Waals surface area contributed by atoms with E-state index in [-0.39, 0.29) is 23.1 Å². The molecule has 0 unspecified atom stereocenters. The van der Waals surface area contributed by atoms with Gasteiger partial charge in [0, 0.05) is 11.6 Å². The molecule has 3 aromatic rings. The number of aryl methyl sites for hydroxylation is 1. The molecule has 2 N–H and O–H groups in total. The van der Waals surface area contributed by atoms with E-state index in [2.05, 4.69) is 15.7 Å². The van der Waals surface area contributed by atoms with Gasteiger partial charge < -0.3 is 10.6 Å². The molecule has 0 radical (unpaired) electrons. The summed E-state index contributed by atoms with van der Waals surface area (Å²) in [6, 6.07) is 12.6. The smallest absolute Gasteiger partial charge is 0.343 e. The van der Waals surface area contributed by atoms with E-state index >= 15 is 0 Å². The second-order valence-electron chi connectivity index (χ2n) is 6.34. The third kappa shape index (κ3) is 4.98. The molecule has 0 fully saturated rings. The molecule has 0 aliphatic rings. The molecule has 0 saturated carbocycles. The maximum atomic E-state index is 13.1. The molecular formula is C20H16ClF3N4O2. The first-order chi connectivity index (χ1) is 14.1. The van der Waals surface area contributed by atoms with Crippen LogP contribution in [0.1, 0.15) is 21.6 Å². The number of carbonyl (C=O) groups is 2. The summed E-state index contributed by atoms with van der Waals surface area (Å²) in [5.41, 5.74) is -0.0975. The average molecular weight is 437 g/mol. The van der Waals surface area contributed by atoms with Crippen LogP contribution >= 0.6 is 11.6 Å². The Morgan fingerprint density at radius 2 is 1.80 bits per heavy atom. The molecule has 0 aliphatic heterocycles. The minimum absolute atomic E-state index is 0.0268. The number of alkyl halides is 3. The van der Waals surface area contributed by atoms with Crippen molar-refractivity contribution in [1.82, 2.24) is 15.1 Å². The molecule has 6 nitrogen and oxygen atoms in total. The summed E-state index contributed by atoms with van der Waals surface area (Å²) in [5.74, 6) is -0.896. The van der Waals surface area contributed by atoms with Gasteiger partial charge in [0.25, 0.3) is 5.91 Å². The molecular weight excluding hydrogens is 421 g/mol. The van der Waals surface area contributed by atoms with Gasteiger partial charge >= 0.3 is 6.18 Å². The fourth-order valence-electron chi connectivity index (χ4n) is 2.66. The highest BCUT2D eigenvalue weighted by atomic mass is 35.5. The van der Waals surface area contributed by atoms with Crippen molar-refractivity contribution < 1.29 is 22.8 Å². The van der Waals surface area contributed by atoms with Crippen molar-refractivity contribution in [3.8, 4) is 5.69 Å². The number of benzene rings is 2. The Kier molecular flexibility index (Phi) is 6.12. The molecule has 3 rings (SSSR count). The van der Waals surface area contributed by atoms with Gasteiger partial charge in [-0.2, -0.15) is 18.3 Å². The summed E-state index contributed by atoms with van der Waals surface area (Å²) < 4.78 is 40.3. The summed E-state index contributed by atoms with van der Waals surface area (Å²) in [5, 5.41) is 9.15. The number of anilines is 1. The minimum atomic E-state index is -4.56. The maximum absolute atomic E-state index is 13.1. The van der Waals surface area contributed by atoms with Gasteiger partial charge in [0.05, 0.1) is 28.5 Å². The quantitative estimate of drug-likeness (QED) is 0.628. The standard InChI is InChI=1S/C20H16ClF3N4O2/c1-12-9-17(26-18(29)11-25-19(30)13-5-3-2-4-6-13)28(27-12)16-10-14(20(22,23)24)7-8-15(16)21/h2-10H,11H2,1H3,(H,25,30)(H,26,29). The SMILES string of the molecule is Cc1cc(NC(=O)CNC(=O)c2ccccc2)n(-c2cc(C(F)(F)F)ccc2Cl)n1. The Bertz CT molecular complexity index is 1080. The zero-order valence-corrected chi connectivity index (χ0v) is 16.4. The van der Waals surface area contributed by atoms with Crippen molar-refractivity contribution in [3.63, 3.8) is 0 Å². The molecule has 0 bridgehead atoms. The van der Waals surface area contributed by atoms with Gasteiger partial charge in [0.2, 0.25) is 5.91 Å². The molecule has 10 heteroatoms. The van der Waals surface area contributed by atoms with Gasteiger partial charge in [0.15, 0.2) is 0 Å². The topological polar surface area (TPSA) is 76.0 Å². The Balaban J connectivity index is 1.78. The predicted molar refractivity (Wildman–Crippen MR) is 106 cm³/mol.